The first-order valence-corrected chi connectivity index (χ1v) is 9.79. The van der Waals surface area contributed by atoms with Gasteiger partial charge in [0.25, 0.3) is 0 Å². The molecule has 5 heteroatoms. The van der Waals surface area contributed by atoms with Crippen LogP contribution in [0.2, 0.25) is 18.1 Å². The van der Waals surface area contributed by atoms with E-state index in [4.69, 9.17) is 9.16 Å². The summed E-state index contributed by atoms with van der Waals surface area (Å²) in [4.78, 5) is 0. The lowest BCUT2D eigenvalue weighted by atomic mass is 10.2. The smallest absolute Gasteiger partial charge is 0.192 e. The van der Waals surface area contributed by atoms with Crippen molar-refractivity contribution in [2.75, 3.05) is 13.7 Å². The SMILES string of the molecule is CO[C@@H](C=C(Br)Br)CO[Si](C)(C)C(C)(C)C. The Balaban J connectivity index is 4.38. The predicted octanol–water partition coefficient (Wildman–Crippen LogP) is 4.65. The van der Waals surface area contributed by atoms with Gasteiger partial charge in [0.05, 0.1) is 16.1 Å². The number of halogens is 2. The van der Waals surface area contributed by atoms with Gasteiger partial charge in [0.2, 0.25) is 0 Å². The molecule has 0 aliphatic rings. The first kappa shape index (κ1) is 16.8. The molecule has 0 fully saturated rings. The van der Waals surface area contributed by atoms with Gasteiger partial charge in [-0.15, -0.1) is 0 Å². The Kier molecular flexibility index (Phi) is 7.03. The summed E-state index contributed by atoms with van der Waals surface area (Å²) < 4.78 is 12.3. The Morgan fingerprint density at radius 2 is 1.81 bits per heavy atom. The molecular formula is C11H22Br2O2Si. The van der Waals surface area contributed by atoms with Crippen LogP contribution in [0.15, 0.2) is 9.47 Å². The Morgan fingerprint density at radius 1 is 1.31 bits per heavy atom. The molecule has 0 saturated heterocycles. The van der Waals surface area contributed by atoms with Crippen molar-refractivity contribution in [2.45, 2.75) is 45.0 Å². The lowest BCUT2D eigenvalue weighted by Crippen LogP contribution is -2.42. The fourth-order valence-electron chi connectivity index (χ4n) is 0.832. The van der Waals surface area contributed by atoms with Crippen LogP contribution in [0.3, 0.4) is 0 Å². The third-order valence-corrected chi connectivity index (χ3v) is 8.06. The van der Waals surface area contributed by atoms with Gasteiger partial charge in [-0.1, -0.05) is 20.8 Å². The summed E-state index contributed by atoms with van der Waals surface area (Å²) in [5.41, 5.74) is 0. The molecule has 16 heavy (non-hydrogen) atoms. The second-order valence-electron chi connectivity index (χ2n) is 5.30. The molecule has 96 valence electrons. The zero-order chi connectivity index (χ0) is 13.0. The van der Waals surface area contributed by atoms with E-state index in [-0.39, 0.29) is 11.1 Å². The number of ether oxygens (including phenoxy) is 1. The van der Waals surface area contributed by atoms with Crippen molar-refractivity contribution < 1.29 is 9.16 Å². The molecule has 0 aliphatic carbocycles. The van der Waals surface area contributed by atoms with Gasteiger partial charge in [-0.2, -0.15) is 0 Å². The highest BCUT2D eigenvalue weighted by atomic mass is 79.9. The molecule has 0 aromatic heterocycles. The first-order chi connectivity index (χ1) is 7.10. The molecule has 0 aromatic carbocycles. The fourth-order valence-corrected chi connectivity index (χ4v) is 2.44. The van der Waals surface area contributed by atoms with Gasteiger partial charge < -0.3 is 9.16 Å². The molecule has 2 nitrogen and oxygen atoms in total. The number of rotatable bonds is 5. The zero-order valence-corrected chi connectivity index (χ0v) is 15.1. The van der Waals surface area contributed by atoms with Gasteiger partial charge in [-0.3, -0.25) is 0 Å². The van der Waals surface area contributed by atoms with E-state index in [1.54, 1.807) is 7.11 Å². The normalized spacial score (nSPS) is 14.8. The maximum atomic E-state index is 6.08. The average molecular weight is 374 g/mol. The highest BCUT2D eigenvalue weighted by Crippen LogP contribution is 2.36. The molecule has 0 heterocycles. The van der Waals surface area contributed by atoms with Crippen molar-refractivity contribution in [3.63, 3.8) is 0 Å². The van der Waals surface area contributed by atoms with Gasteiger partial charge in [0.1, 0.15) is 0 Å². The van der Waals surface area contributed by atoms with Crippen LogP contribution in [0, 0.1) is 0 Å². The molecule has 0 aromatic rings. The van der Waals surface area contributed by atoms with Crippen LogP contribution >= 0.6 is 31.9 Å². The first-order valence-electron chi connectivity index (χ1n) is 5.29. The molecule has 0 rings (SSSR count). The Hall–Kier alpha value is 0.837. The van der Waals surface area contributed by atoms with E-state index in [0.29, 0.717) is 6.61 Å². The van der Waals surface area contributed by atoms with Crippen LogP contribution in [0.25, 0.3) is 0 Å². The van der Waals surface area contributed by atoms with E-state index in [1.165, 1.54) is 0 Å². The second-order valence-corrected chi connectivity index (χ2v) is 12.9. The second kappa shape index (κ2) is 6.68. The minimum absolute atomic E-state index is 0.0112. The molecule has 0 N–H and O–H groups in total. The molecule has 0 spiro atoms. The lowest BCUT2D eigenvalue weighted by molar-refractivity contribution is 0.0859. The van der Waals surface area contributed by atoms with Crippen molar-refractivity contribution in [2.24, 2.45) is 0 Å². The van der Waals surface area contributed by atoms with Crippen LogP contribution in [-0.2, 0) is 9.16 Å². The van der Waals surface area contributed by atoms with E-state index in [1.807, 2.05) is 6.08 Å². The van der Waals surface area contributed by atoms with Crippen LogP contribution in [0.5, 0.6) is 0 Å². The number of hydrogen-bond acceptors (Lipinski definition) is 2. The van der Waals surface area contributed by atoms with E-state index in [0.717, 1.165) is 3.39 Å². The summed E-state index contributed by atoms with van der Waals surface area (Å²) >= 11 is 6.66. The highest BCUT2D eigenvalue weighted by molar-refractivity contribution is 9.28. The van der Waals surface area contributed by atoms with Gasteiger partial charge >= 0.3 is 0 Å². The summed E-state index contributed by atoms with van der Waals surface area (Å²) in [5.74, 6) is 0. The standard InChI is InChI=1S/C11H22Br2O2Si/c1-11(2,3)16(5,6)15-8-9(14-4)7-10(12)13/h7,9H,8H2,1-6H3/t9-/m0/s1. The minimum Gasteiger partial charge on any atom is -0.414 e. The van der Waals surface area contributed by atoms with Crippen molar-refractivity contribution in [3.8, 4) is 0 Å². The van der Waals surface area contributed by atoms with Gasteiger partial charge in [-0.05, 0) is 56.1 Å². The Morgan fingerprint density at radius 3 is 2.12 bits per heavy atom. The van der Waals surface area contributed by atoms with Crippen molar-refractivity contribution in [1.29, 1.82) is 0 Å². The summed E-state index contributed by atoms with van der Waals surface area (Å²) in [6.45, 7) is 11.8. The summed E-state index contributed by atoms with van der Waals surface area (Å²) in [7, 11) is 0.0187. The molecule has 0 amide bonds. The number of hydrogen-bond donors (Lipinski definition) is 0. The van der Waals surface area contributed by atoms with Crippen molar-refractivity contribution in [3.05, 3.63) is 9.47 Å². The average Bonchev–Trinajstić information content (AvgIpc) is 2.09. The van der Waals surface area contributed by atoms with E-state index < -0.39 is 8.32 Å². The predicted molar refractivity (Wildman–Crippen MR) is 79.9 cm³/mol. The van der Waals surface area contributed by atoms with E-state index >= 15 is 0 Å². The summed E-state index contributed by atoms with van der Waals surface area (Å²) in [6.07, 6.45) is 1.94. The quantitative estimate of drug-likeness (QED) is 0.652. The summed E-state index contributed by atoms with van der Waals surface area (Å²) in [6, 6.07) is 0. The maximum Gasteiger partial charge on any atom is 0.192 e. The Labute approximate surface area is 117 Å². The topological polar surface area (TPSA) is 18.5 Å². The van der Waals surface area contributed by atoms with Gasteiger partial charge in [0.15, 0.2) is 8.32 Å². The zero-order valence-electron chi connectivity index (χ0n) is 10.9. The van der Waals surface area contributed by atoms with Crippen LogP contribution in [-0.4, -0.2) is 28.1 Å². The molecule has 1 atom stereocenters. The van der Waals surface area contributed by atoms with Gasteiger partial charge in [0, 0.05) is 7.11 Å². The van der Waals surface area contributed by atoms with Gasteiger partial charge in [-0.25, -0.2) is 0 Å². The molecular weight excluding hydrogens is 352 g/mol. The largest absolute Gasteiger partial charge is 0.414 e. The third kappa shape index (κ3) is 5.96. The molecule has 0 bridgehead atoms. The monoisotopic (exact) mass is 372 g/mol. The Bertz CT molecular complexity index is 243. The molecule has 0 radical (unpaired) electrons. The molecule has 0 saturated carbocycles. The number of methoxy groups -OCH3 is 1. The fraction of sp³-hybridized carbons (Fsp3) is 0.818. The summed E-state index contributed by atoms with van der Waals surface area (Å²) in [5, 5.41) is 0.237. The molecule has 0 aliphatic heterocycles. The molecule has 0 unspecified atom stereocenters. The van der Waals surface area contributed by atoms with Crippen molar-refractivity contribution >= 4 is 40.2 Å². The third-order valence-electron chi connectivity index (χ3n) is 3.03. The van der Waals surface area contributed by atoms with E-state index in [9.17, 15) is 0 Å². The van der Waals surface area contributed by atoms with E-state index in [2.05, 4.69) is 65.7 Å². The maximum absolute atomic E-state index is 6.08. The lowest BCUT2D eigenvalue weighted by Gasteiger charge is -2.36. The minimum atomic E-state index is -1.67. The van der Waals surface area contributed by atoms with Crippen molar-refractivity contribution in [1.82, 2.24) is 0 Å². The highest BCUT2D eigenvalue weighted by Gasteiger charge is 2.37. The van der Waals surface area contributed by atoms with Crippen LogP contribution in [0.1, 0.15) is 20.8 Å². The van der Waals surface area contributed by atoms with Crippen LogP contribution in [0.4, 0.5) is 0 Å². The van der Waals surface area contributed by atoms with Crippen LogP contribution < -0.4 is 0 Å².